The van der Waals surface area contributed by atoms with Crippen LogP contribution in [0.15, 0.2) is 71.8 Å². The highest BCUT2D eigenvalue weighted by molar-refractivity contribution is 6.35. The largest absolute Gasteiger partial charge is 0.490 e. The first kappa shape index (κ1) is 25.1. The molecule has 0 saturated heterocycles. The molecule has 0 unspecified atom stereocenters. The van der Waals surface area contributed by atoms with Gasteiger partial charge in [0.1, 0.15) is 5.75 Å². The number of esters is 1. The lowest BCUT2D eigenvalue weighted by molar-refractivity contribution is -0.127. The maximum Gasteiger partial charge on any atom is 0.343 e. The zero-order valence-electron chi connectivity index (χ0n) is 18.5. The zero-order valence-corrected chi connectivity index (χ0v) is 20.0. The third-order valence-corrected chi connectivity index (χ3v) is 4.97. The lowest BCUT2D eigenvalue weighted by Gasteiger charge is -2.14. The summed E-state index contributed by atoms with van der Waals surface area (Å²) in [5.74, 6) is 0.0142. The summed E-state index contributed by atoms with van der Waals surface area (Å²) >= 11 is 11.9. The van der Waals surface area contributed by atoms with Crippen LogP contribution in [0.25, 0.3) is 0 Å². The van der Waals surface area contributed by atoms with Crippen molar-refractivity contribution in [1.29, 1.82) is 0 Å². The molecule has 1 atom stereocenters. The van der Waals surface area contributed by atoms with Gasteiger partial charge in [-0.25, -0.2) is 10.2 Å². The van der Waals surface area contributed by atoms with Crippen molar-refractivity contribution in [3.05, 3.63) is 87.9 Å². The molecule has 3 aromatic carbocycles. The fourth-order valence-corrected chi connectivity index (χ4v) is 3.22. The first-order valence-corrected chi connectivity index (χ1v) is 11.1. The van der Waals surface area contributed by atoms with Gasteiger partial charge < -0.3 is 14.2 Å². The normalized spacial score (nSPS) is 11.6. The Balaban J connectivity index is 1.62. The van der Waals surface area contributed by atoms with Crippen LogP contribution in [0, 0.1) is 0 Å². The van der Waals surface area contributed by atoms with Gasteiger partial charge in [-0.05, 0) is 67.9 Å². The van der Waals surface area contributed by atoms with E-state index in [9.17, 15) is 9.59 Å². The number of amides is 1. The standard InChI is InChI=1S/C25H22Cl2N2O5/c1-3-32-23-13-17(9-11-22(23)34-25(31)18-7-5-4-6-8-18)15-28-29-24(30)16(2)33-21-12-10-19(26)14-20(21)27/h4-16H,3H2,1-2H3,(H,29,30)/b28-15-/t16-/m0/s1. The van der Waals surface area contributed by atoms with Gasteiger partial charge in [0.05, 0.1) is 23.4 Å². The first-order chi connectivity index (χ1) is 16.4. The van der Waals surface area contributed by atoms with Crippen molar-refractivity contribution in [1.82, 2.24) is 5.43 Å². The summed E-state index contributed by atoms with van der Waals surface area (Å²) in [7, 11) is 0. The summed E-state index contributed by atoms with van der Waals surface area (Å²) in [5.41, 5.74) is 3.46. The predicted molar refractivity (Wildman–Crippen MR) is 131 cm³/mol. The van der Waals surface area contributed by atoms with Crippen LogP contribution in [0.5, 0.6) is 17.2 Å². The minimum absolute atomic E-state index is 0.277. The molecule has 0 aliphatic carbocycles. The summed E-state index contributed by atoms with van der Waals surface area (Å²) in [6, 6.07) is 18.3. The monoisotopic (exact) mass is 500 g/mol. The summed E-state index contributed by atoms with van der Waals surface area (Å²) in [6.45, 7) is 3.76. The highest BCUT2D eigenvalue weighted by atomic mass is 35.5. The number of rotatable bonds is 9. The fourth-order valence-electron chi connectivity index (χ4n) is 2.77. The molecule has 0 spiro atoms. The molecule has 0 bridgehead atoms. The Bertz CT molecular complexity index is 1190. The summed E-state index contributed by atoms with van der Waals surface area (Å²) in [6.07, 6.45) is 0.583. The number of hydrogen-bond donors (Lipinski definition) is 1. The van der Waals surface area contributed by atoms with Gasteiger partial charge in [0, 0.05) is 5.02 Å². The number of carbonyl (C=O) groups is 2. The number of benzene rings is 3. The highest BCUT2D eigenvalue weighted by Crippen LogP contribution is 2.29. The third-order valence-electron chi connectivity index (χ3n) is 4.44. The van der Waals surface area contributed by atoms with Crippen molar-refractivity contribution >= 4 is 41.3 Å². The minimum atomic E-state index is -0.852. The fraction of sp³-hybridized carbons (Fsp3) is 0.160. The van der Waals surface area contributed by atoms with Gasteiger partial charge >= 0.3 is 5.97 Å². The Morgan fingerprint density at radius 1 is 1.00 bits per heavy atom. The van der Waals surface area contributed by atoms with E-state index in [1.807, 2.05) is 13.0 Å². The number of ether oxygens (including phenoxy) is 3. The molecule has 7 nitrogen and oxygen atoms in total. The van der Waals surface area contributed by atoms with Gasteiger partial charge in [-0.2, -0.15) is 5.10 Å². The van der Waals surface area contributed by atoms with Crippen LogP contribution in [-0.2, 0) is 4.79 Å². The second-order valence-electron chi connectivity index (χ2n) is 6.96. The van der Waals surface area contributed by atoms with Crippen LogP contribution in [0.4, 0.5) is 0 Å². The summed E-state index contributed by atoms with van der Waals surface area (Å²) < 4.78 is 16.6. The molecule has 3 rings (SSSR count). The molecule has 0 saturated carbocycles. The Morgan fingerprint density at radius 3 is 2.44 bits per heavy atom. The molecule has 0 radical (unpaired) electrons. The van der Waals surface area contributed by atoms with Crippen LogP contribution < -0.4 is 19.6 Å². The number of nitrogens with zero attached hydrogens (tertiary/aromatic N) is 1. The number of halogens is 2. The topological polar surface area (TPSA) is 86.2 Å². The quantitative estimate of drug-likeness (QED) is 0.180. The number of hydrazone groups is 1. The maximum absolute atomic E-state index is 12.4. The Morgan fingerprint density at radius 2 is 1.74 bits per heavy atom. The lowest BCUT2D eigenvalue weighted by Crippen LogP contribution is -2.33. The number of hydrogen-bond acceptors (Lipinski definition) is 6. The predicted octanol–water partition coefficient (Wildman–Crippen LogP) is 5.53. The van der Waals surface area contributed by atoms with Crippen molar-refractivity contribution in [2.45, 2.75) is 20.0 Å². The summed E-state index contributed by atoms with van der Waals surface area (Å²) in [4.78, 5) is 24.7. The molecule has 0 aliphatic rings. The van der Waals surface area contributed by atoms with E-state index < -0.39 is 18.0 Å². The molecular formula is C25H22Cl2N2O5. The van der Waals surface area contributed by atoms with Crippen molar-refractivity contribution in [2.75, 3.05) is 6.61 Å². The first-order valence-electron chi connectivity index (χ1n) is 10.4. The van der Waals surface area contributed by atoms with E-state index in [0.29, 0.717) is 39.3 Å². The van der Waals surface area contributed by atoms with Gasteiger partial charge in [0.25, 0.3) is 5.91 Å². The molecule has 1 amide bonds. The van der Waals surface area contributed by atoms with Crippen molar-refractivity contribution < 1.29 is 23.8 Å². The van der Waals surface area contributed by atoms with Gasteiger partial charge in [-0.15, -0.1) is 0 Å². The molecule has 3 aromatic rings. The van der Waals surface area contributed by atoms with Crippen LogP contribution in [0.1, 0.15) is 29.8 Å². The van der Waals surface area contributed by atoms with E-state index in [0.717, 1.165) is 0 Å². The van der Waals surface area contributed by atoms with Gasteiger partial charge in [0.2, 0.25) is 0 Å². The SMILES string of the molecule is CCOc1cc(/C=N\NC(=O)[C@H](C)Oc2ccc(Cl)cc2Cl)ccc1OC(=O)c1ccccc1. The van der Waals surface area contributed by atoms with Gasteiger partial charge in [0.15, 0.2) is 17.6 Å². The lowest BCUT2D eigenvalue weighted by atomic mass is 10.2. The van der Waals surface area contributed by atoms with Crippen LogP contribution in [-0.4, -0.2) is 30.8 Å². The average molecular weight is 501 g/mol. The van der Waals surface area contributed by atoms with Crippen LogP contribution in [0.3, 0.4) is 0 Å². The molecular weight excluding hydrogens is 479 g/mol. The smallest absolute Gasteiger partial charge is 0.343 e. The molecule has 0 aromatic heterocycles. The molecule has 0 aliphatic heterocycles. The Kier molecular flexibility index (Phi) is 8.90. The molecule has 1 N–H and O–H groups in total. The molecule has 176 valence electrons. The molecule has 34 heavy (non-hydrogen) atoms. The maximum atomic E-state index is 12.4. The van der Waals surface area contributed by atoms with E-state index in [1.165, 1.54) is 12.3 Å². The van der Waals surface area contributed by atoms with E-state index in [4.69, 9.17) is 37.4 Å². The second kappa shape index (κ2) is 12.1. The van der Waals surface area contributed by atoms with E-state index >= 15 is 0 Å². The minimum Gasteiger partial charge on any atom is -0.490 e. The second-order valence-corrected chi connectivity index (χ2v) is 7.81. The van der Waals surface area contributed by atoms with Gasteiger partial charge in [-0.1, -0.05) is 41.4 Å². The third kappa shape index (κ3) is 6.97. The molecule has 0 heterocycles. The van der Waals surface area contributed by atoms with E-state index in [1.54, 1.807) is 61.5 Å². The number of carbonyl (C=O) groups excluding carboxylic acids is 2. The van der Waals surface area contributed by atoms with Crippen molar-refractivity contribution in [3.8, 4) is 17.2 Å². The van der Waals surface area contributed by atoms with Crippen molar-refractivity contribution in [2.24, 2.45) is 5.10 Å². The number of nitrogens with one attached hydrogen (secondary N) is 1. The van der Waals surface area contributed by atoms with E-state index in [2.05, 4.69) is 10.5 Å². The zero-order chi connectivity index (χ0) is 24.5. The molecule has 0 fully saturated rings. The van der Waals surface area contributed by atoms with E-state index in [-0.39, 0.29) is 5.75 Å². The van der Waals surface area contributed by atoms with Crippen LogP contribution >= 0.6 is 23.2 Å². The Hall–Kier alpha value is -3.55. The average Bonchev–Trinajstić information content (AvgIpc) is 2.83. The highest BCUT2D eigenvalue weighted by Gasteiger charge is 2.16. The van der Waals surface area contributed by atoms with Crippen LogP contribution in [0.2, 0.25) is 10.0 Å². The Labute approximate surface area is 207 Å². The van der Waals surface area contributed by atoms with Crippen molar-refractivity contribution in [3.63, 3.8) is 0 Å². The van der Waals surface area contributed by atoms with Gasteiger partial charge in [-0.3, -0.25) is 4.79 Å². The summed E-state index contributed by atoms with van der Waals surface area (Å²) in [5, 5.41) is 4.72. The molecule has 9 heteroatoms.